The van der Waals surface area contributed by atoms with Gasteiger partial charge >= 0.3 is 0 Å². The lowest BCUT2D eigenvalue weighted by Gasteiger charge is -2.35. The fraction of sp³-hybridized carbons (Fsp3) is 0.405. The molecule has 0 saturated carbocycles. The summed E-state index contributed by atoms with van der Waals surface area (Å²) in [7, 11) is 6.24. The molecule has 4 amide bonds. The number of methoxy groups -OCH3 is 4. The molecule has 5 rings (SSSR count). The third-order valence-electron chi connectivity index (χ3n) is 8.96. The Morgan fingerprint density at radius 3 is 1.51 bits per heavy atom. The van der Waals surface area contributed by atoms with E-state index in [0.717, 1.165) is 24.0 Å². The summed E-state index contributed by atoms with van der Waals surface area (Å²) in [6.45, 7) is 2.48. The molecule has 2 aromatic carbocycles. The van der Waals surface area contributed by atoms with Crippen molar-refractivity contribution in [3.05, 3.63) is 57.3 Å². The molecule has 0 radical (unpaired) electrons. The van der Waals surface area contributed by atoms with Crippen LogP contribution in [0.3, 0.4) is 0 Å². The smallest absolute Gasteiger partial charge is 0.266 e. The lowest BCUT2D eigenvalue weighted by atomic mass is 10.1. The van der Waals surface area contributed by atoms with Gasteiger partial charge in [0.2, 0.25) is 11.8 Å². The molecule has 12 nitrogen and oxygen atoms in total. The van der Waals surface area contributed by atoms with Crippen molar-refractivity contribution in [2.24, 2.45) is 0 Å². The van der Waals surface area contributed by atoms with Crippen LogP contribution < -0.4 is 18.9 Å². The number of benzene rings is 2. The standard InChI is InChI=1S/C37H42N4O8S4/c1-46-26-11-9-24(20-28(26)48-3)22-30-34(44)40(36(50)52-30)14-7-5-6-8-32(42)38-16-18-39(19-17-38)33(43)13-15-41-35(45)31(53-37(41)51)23-25-10-12-27(47-2)29(21-25)49-4/h9-12,20-23H,5-8,13-19H2,1-4H3. The minimum absolute atomic E-state index is 0.0550. The summed E-state index contributed by atoms with van der Waals surface area (Å²) in [6, 6.07) is 10.8. The number of unbranched alkanes of at least 4 members (excludes halogenated alkanes) is 2. The van der Waals surface area contributed by atoms with Gasteiger partial charge in [-0.1, -0.05) is 66.5 Å². The highest BCUT2D eigenvalue weighted by atomic mass is 32.2. The second-order valence-corrected chi connectivity index (χ2v) is 15.6. The van der Waals surface area contributed by atoms with Gasteiger partial charge in [0.05, 0.1) is 38.2 Å². The van der Waals surface area contributed by atoms with Crippen molar-refractivity contribution in [2.75, 3.05) is 67.7 Å². The number of carbonyl (C=O) groups is 4. The van der Waals surface area contributed by atoms with Gasteiger partial charge in [-0.2, -0.15) is 0 Å². The molecular formula is C37H42N4O8S4. The van der Waals surface area contributed by atoms with Crippen molar-refractivity contribution in [1.82, 2.24) is 19.6 Å². The molecule has 0 spiro atoms. The van der Waals surface area contributed by atoms with Crippen molar-refractivity contribution in [3.63, 3.8) is 0 Å². The number of carbonyl (C=O) groups excluding carboxylic acids is 4. The summed E-state index contributed by atoms with van der Waals surface area (Å²) in [5.41, 5.74) is 1.58. The van der Waals surface area contributed by atoms with E-state index in [1.54, 1.807) is 73.5 Å². The molecule has 3 aliphatic heterocycles. The van der Waals surface area contributed by atoms with E-state index in [2.05, 4.69) is 0 Å². The molecular weight excluding hydrogens is 757 g/mol. The quantitative estimate of drug-likeness (QED) is 0.130. The van der Waals surface area contributed by atoms with Gasteiger partial charge < -0.3 is 28.7 Å². The van der Waals surface area contributed by atoms with Gasteiger partial charge in [0.25, 0.3) is 11.8 Å². The van der Waals surface area contributed by atoms with Crippen molar-refractivity contribution in [2.45, 2.75) is 32.1 Å². The monoisotopic (exact) mass is 798 g/mol. The Bertz CT molecular complexity index is 1830. The minimum atomic E-state index is -0.237. The van der Waals surface area contributed by atoms with E-state index in [4.69, 9.17) is 43.4 Å². The van der Waals surface area contributed by atoms with E-state index in [1.165, 1.54) is 28.4 Å². The van der Waals surface area contributed by atoms with Crippen molar-refractivity contribution < 1.29 is 38.1 Å². The van der Waals surface area contributed by atoms with Crippen molar-refractivity contribution in [3.8, 4) is 23.0 Å². The Kier molecular flexibility index (Phi) is 14.2. The number of hydrogen-bond donors (Lipinski definition) is 0. The molecule has 16 heteroatoms. The number of thioether (sulfide) groups is 2. The van der Waals surface area contributed by atoms with Crippen LogP contribution in [0.5, 0.6) is 23.0 Å². The zero-order chi connectivity index (χ0) is 38.1. The van der Waals surface area contributed by atoms with Crippen LogP contribution >= 0.6 is 48.0 Å². The second-order valence-electron chi connectivity index (χ2n) is 12.2. The first-order chi connectivity index (χ1) is 25.6. The molecule has 282 valence electrons. The van der Waals surface area contributed by atoms with E-state index in [1.807, 2.05) is 18.2 Å². The Hall–Kier alpha value is -4.12. The van der Waals surface area contributed by atoms with E-state index in [9.17, 15) is 19.2 Å². The molecule has 0 bridgehead atoms. The zero-order valence-electron chi connectivity index (χ0n) is 30.1. The summed E-state index contributed by atoms with van der Waals surface area (Å²) in [5.74, 6) is 1.94. The summed E-state index contributed by atoms with van der Waals surface area (Å²) >= 11 is 13.4. The average Bonchev–Trinajstić information content (AvgIpc) is 3.59. The van der Waals surface area contributed by atoms with Gasteiger partial charge in [-0.05, 0) is 60.4 Å². The first kappa shape index (κ1) is 40.1. The number of nitrogens with zero attached hydrogens (tertiary/aromatic N) is 4. The van der Waals surface area contributed by atoms with Crippen LogP contribution in [0.15, 0.2) is 46.2 Å². The molecule has 0 N–H and O–H groups in total. The molecule has 3 heterocycles. The third kappa shape index (κ3) is 9.90. The Labute approximate surface area is 328 Å². The SMILES string of the molecule is COc1ccc(C=C2SC(=S)N(CCCCCC(=O)N3CCN(C(=O)CCN4C(=O)C(=Cc5ccc(OC)c(OC)c5)SC4=S)CC3)C2=O)cc1OC. The number of rotatable bonds is 15. The molecule has 3 saturated heterocycles. The number of piperazine rings is 1. The van der Waals surface area contributed by atoms with Gasteiger partial charge in [0, 0.05) is 52.1 Å². The fourth-order valence-corrected chi connectivity index (χ4v) is 8.64. The summed E-state index contributed by atoms with van der Waals surface area (Å²) < 4.78 is 22.2. The number of thiocarbonyl (C=S) groups is 2. The summed E-state index contributed by atoms with van der Waals surface area (Å²) in [4.78, 5) is 59.8. The van der Waals surface area contributed by atoms with Gasteiger partial charge in [0.1, 0.15) is 8.64 Å². The molecule has 3 aliphatic rings. The zero-order valence-corrected chi connectivity index (χ0v) is 33.4. The fourth-order valence-electron chi connectivity index (χ4n) is 6.03. The lowest BCUT2D eigenvalue weighted by Crippen LogP contribution is -2.51. The Balaban J connectivity index is 0.996. The molecule has 0 aliphatic carbocycles. The van der Waals surface area contributed by atoms with E-state index in [-0.39, 0.29) is 36.6 Å². The molecule has 0 atom stereocenters. The molecule has 3 fully saturated rings. The van der Waals surface area contributed by atoms with Crippen LogP contribution in [-0.4, -0.2) is 120 Å². The highest BCUT2D eigenvalue weighted by Crippen LogP contribution is 2.36. The largest absolute Gasteiger partial charge is 0.493 e. The molecule has 0 aromatic heterocycles. The van der Waals surface area contributed by atoms with Crippen LogP contribution in [0, 0.1) is 0 Å². The van der Waals surface area contributed by atoms with E-state index in [0.29, 0.717) is 87.0 Å². The molecule has 53 heavy (non-hydrogen) atoms. The van der Waals surface area contributed by atoms with Crippen LogP contribution in [-0.2, 0) is 19.2 Å². The normalized spacial score (nSPS) is 17.7. The van der Waals surface area contributed by atoms with Gasteiger partial charge in [0.15, 0.2) is 23.0 Å². The van der Waals surface area contributed by atoms with Crippen LogP contribution in [0.4, 0.5) is 0 Å². The highest BCUT2D eigenvalue weighted by Gasteiger charge is 2.34. The third-order valence-corrected chi connectivity index (χ3v) is 11.7. The lowest BCUT2D eigenvalue weighted by molar-refractivity contribution is -0.140. The highest BCUT2D eigenvalue weighted by molar-refractivity contribution is 8.27. The Morgan fingerprint density at radius 2 is 1.06 bits per heavy atom. The Morgan fingerprint density at radius 1 is 0.623 bits per heavy atom. The van der Waals surface area contributed by atoms with Crippen LogP contribution in [0.2, 0.25) is 0 Å². The predicted molar refractivity (Wildman–Crippen MR) is 215 cm³/mol. The summed E-state index contributed by atoms with van der Waals surface area (Å²) in [6.07, 6.45) is 6.28. The van der Waals surface area contributed by atoms with E-state index < -0.39 is 0 Å². The first-order valence-electron chi connectivity index (χ1n) is 17.1. The minimum Gasteiger partial charge on any atom is -0.493 e. The summed E-state index contributed by atoms with van der Waals surface area (Å²) in [5, 5.41) is 0. The number of amides is 4. The number of hydrogen-bond acceptors (Lipinski definition) is 12. The predicted octanol–water partition coefficient (Wildman–Crippen LogP) is 5.44. The van der Waals surface area contributed by atoms with Gasteiger partial charge in [-0.15, -0.1) is 0 Å². The molecule has 2 aromatic rings. The van der Waals surface area contributed by atoms with Crippen LogP contribution in [0.25, 0.3) is 12.2 Å². The first-order valence-corrected chi connectivity index (χ1v) is 19.5. The maximum atomic E-state index is 13.1. The second kappa shape index (κ2) is 18.8. The topological polar surface area (TPSA) is 118 Å². The van der Waals surface area contributed by atoms with Crippen LogP contribution in [0.1, 0.15) is 43.2 Å². The van der Waals surface area contributed by atoms with Gasteiger partial charge in [-0.25, -0.2) is 0 Å². The number of ether oxygens (including phenoxy) is 4. The van der Waals surface area contributed by atoms with E-state index >= 15 is 0 Å². The molecule has 0 unspecified atom stereocenters. The maximum Gasteiger partial charge on any atom is 0.266 e. The van der Waals surface area contributed by atoms with Crippen molar-refractivity contribution in [1.29, 1.82) is 0 Å². The van der Waals surface area contributed by atoms with Crippen molar-refractivity contribution >= 4 is 92.4 Å². The average molecular weight is 799 g/mol. The van der Waals surface area contributed by atoms with Gasteiger partial charge in [-0.3, -0.25) is 29.0 Å². The maximum absolute atomic E-state index is 13.1.